The van der Waals surface area contributed by atoms with Gasteiger partial charge in [0.05, 0.1) is 24.7 Å². The number of nitrogens with zero attached hydrogens (tertiary/aromatic N) is 3. The number of aromatic nitrogens is 3. The van der Waals surface area contributed by atoms with Crippen molar-refractivity contribution in [2.45, 2.75) is 30.5 Å². The van der Waals surface area contributed by atoms with Crippen molar-refractivity contribution in [3.8, 4) is 0 Å². The summed E-state index contributed by atoms with van der Waals surface area (Å²) in [6.45, 7) is 3.93. The van der Waals surface area contributed by atoms with Crippen LogP contribution in [0, 0.1) is 6.92 Å². The first-order chi connectivity index (χ1) is 8.60. The maximum Gasteiger partial charge on any atom is 0.306 e. The molecule has 5 nitrogen and oxygen atoms in total. The van der Waals surface area contributed by atoms with Gasteiger partial charge in [-0.1, -0.05) is 6.92 Å². The highest BCUT2D eigenvalue weighted by molar-refractivity contribution is 8.00. The molecule has 0 aliphatic heterocycles. The summed E-state index contributed by atoms with van der Waals surface area (Å²) < 4.78 is 6.46. The number of methoxy groups -OCH3 is 1. The third-order valence-electron chi connectivity index (χ3n) is 2.47. The first kappa shape index (κ1) is 12.9. The minimum atomic E-state index is -0.202. The van der Waals surface area contributed by atoms with Gasteiger partial charge < -0.3 is 4.74 Å². The first-order valence-electron chi connectivity index (χ1n) is 5.64. The lowest BCUT2D eigenvalue weighted by Gasteiger charge is -2.09. The summed E-state index contributed by atoms with van der Waals surface area (Å²) >= 11 is 1.56. The largest absolute Gasteiger partial charge is 0.469 e. The Bertz CT molecular complexity index is 567. The molecule has 0 saturated carbocycles. The number of thioether (sulfide) groups is 1. The first-order valence-corrected chi connectivity index (χ1v) is 6.52. The van der Waals surface area contributed by atoms with Crippen LogP contribution in [-0.2, 0) is 9.53 Å². The Morgan fingerprint density at radius 2 is 2.39 bits per heavy atom. The van der Waals surface area contributed by atoms with Crippen molar-refractivity contribution in [2.24, 2.45) is 0 Å². The predicted molar refractivity (Wildman–Crippen MR) is 69.7 cm³/mol. The second kappa shape index (κ2) is 5.39. The Labute approximate surface area is 110 Å². The van der Waals surface area contributed by atoms with E-state index in [1.165, 1.54) is 7.11 Å². The molecular formula is C12H15N3O2S. The van der Waals surface area contributed by atoms with Gasteiger partial charge in [0.2, 0.25) is 0 Å². The van der Waals surface area contributed by atoms with Crippen molar-refractivity contribution >= 4 is 23.2 Å². The van der Waals surface area contributed by atoms with E-state index in [1.807, 2.05) is 26.1 Å². The third-order valence-corrected chi connectivity index (χ3v) is 3.58. The van der Waals surface area contributed by atoms with E-state index in [0.717, 1.165) is 16.2 Å². The summed E-state index contributed by atoms with van der Waals surface area (Å²) in [5, 5.41) is 5.33. The van der Waals surface area contributed by atoms with Crippen molar-refractivity contribution < 1.29 is 9.53 Å². The molecule has 0 amide bonds. The summed E-state index contributed by atoms with van der Waals surface area (Å²) in [7, 11) is 1.40. The lowest BCUT2D eigenvalue weighted by atomic mass is 10.3. The Morgan fingerprint density at radius 3 is 3.11 bits per heavy atom. The van der Waals surface area contributed by atoms with E-state index in [1.54, 1.807) is 22.5 Å². The maximum atomic E-state index is 11.2. The molecule has 0 saturated heterocycles. The summed E-state index contributed by atoms with van der Waals surface area (Å²) in [5.41, 5.74) is 1.92. The van der Waals surface area contributed by atoms with Crippen molar-refractivity contribution in [2.75, 3.05) is 7.11 Å². The van der Waals surface area contributed by atoms with E-state index in [9.17, 15) is 4.79 Å². The van der Waals surface area contributed by atoms with Gasteiger partial charge in [0, 0.05) is 17.6 Å². The zero-order valence-corrected chi connectivity index (χ0v) is 11.4. The quantitative estimate of drug-likeness (QED) is 0.626. The molecule has 2 aromatic rings. The van der Waals surface area contributed by atoms with Gasteiger partial charge in [-0.05, 0) is 13.0 Å². The number of fused-ring (bicyclic) bond motifs is 1. The zero-order chi connectivity index (χ0) is 13.1. The third kappa shape index (κ3) is 2.81. The molecule has 0 N–H and O–H groups in total. The van der Waals surface area contributed by atoms with Gasteiger partial charge in [0.15, 0.2) is 0 Å². The Kier molecular flexibility index (Phi) is 3.86. The van der Waals surface area contributed by atoms with Crippen LogP contribution < -0.4 is 0 Å². The summed E-state index contributed by atoms with van der Waals surface area (Å²) in [6, 6.07) is 1.99. The van der Waals surface area contributed by atoms with Crippen LogP contribution in [0.3, 0.4) is 0 Å². The normalized spacial score (nSPS) is 12.6. The van der Waals surface area contributed by atoms with Crippen molar-refractivity contribution in [3.63, 3.8) is 0 Å². The number of hydrogen-bond acceptors (Lipinski definition) is 5. The fourth-order valence-corrected chi connectivity index (χ4v) is 2.66. The predicted octanol–water partition coefficient (Wildman–Crippen LogP) is 2.08. The van der Waals surface area contributed by atoms with E-state index in [0.29, 0.717) is 6.42 Å². The molecule has 96 valence electrons. The van der Waals surface area contributed by atoms with Gasteiger partial charge in [-0.2, -0.15) is 5.10 Å². The van der Waals surface area contributed by atoms with Gasteiger partial charge in [-0.3, -0.25) is 4.79 Å². The number of carbonyl (C=O) groups excluding carboxylic acids is 1. The second-order valence-electron chi connectivity index (χ2n) is 4.06. The molecule has 0 spiro atoms. The number of hydrogen-bond donors (Lipinski definition) is 0. The van der Waals surface area contributed by atoms with Crippen LogP contribution >= 0.6 is 11.8 Å². The lowest BCUT2D eigenvalue weighted by molar-refractivity contribution is -0.140. The smallest absolute Gasteiger partial charge is 0.306 e. The number of ether oxygens (including phenoxy) is 1. The number of carbonyl (C=O) groups is 1. The van der Waals surface area contributed by atoms with Crippen molar-refractivity contribution in [3.05, 3.63) is 24.2 Å². The van der Waals surface area contributed by atoms with Crippen LogP contribution in [-0.4, -0.2) is 32.9 Å². The van der Waals surface area contributed by atoms with Crippen molar-refractivity contribution in [1.82, 2.24) is 14.6 Å². The molecule has 0 bridgehead atoms. The Balaban J connectivity index is 2.18. The minimum Gasteiger partial charge on any atom is -0.469 e. The van der Waals surface area contributed by atoms with Crippen LogP contribution in [0.1, 0.15) is 19.0 Å². The van der Waals surface area contributed by atoms with Gasteiger partial charge in [0.25, 0.3) is 0 Å². The van der Waals surface area contributed by atoms with Crippen molar-refractivity contribution in [1.29, 1.82) is 0 Å². The lowest BCUT2D eigenvalue weighted by Crippen LogP contribution is -2.08. The average Bonchev–Trinajstić information content (AvgIpc) is 2.70. The monoisotopic (exact) mass is 265 g/mol. The second-order valence-corrected chi connectivity index (χ2v) is 5.48. The van der Waals surface area contributed by atoms with E-state index >= 15 is 0 Å². The highest BCUT2D eigenvalue weighted by Crippen LogP contribution is 2.27. The van der Waals surface area contributed by atoms with E-state index in [-0.39, 0.29) is 11.2 Å². The van der Waals surface area contributed by atoms with Crippen LogP contribution in [0.25, 0.3) is 5.52 Å². The number of rotatable bonds is 4. The zero-order valence-electron chi connectivity index (χ0n) is 10.6. The molecule has 0 aliphatic carbocycles. The SMILES string of the molecule is COC(=O)CC(C)Sc1nccn2nc(C)cc12. The fourth-order valence-electron chi connectivity index (χ4n) is 1.66. The molecule has 2 aromatic heterocycles. The van der Waals surface area contributed by atoms with Crippen LogP contribution in [0.15, 0.2) is 23.5 Å². The summed E-state index contributed by atoms with van der Waals surface area (Å²) in [5.74, 6) is -0.202. The van der Waals surface area contributed by atoms with E-state index < -0.39 is 0 Å². The molecule has 2 rings (SSSR count). The molecule has 6 heteroatoms. The molecular weight excluding hydrogens is 250 g/mol. The molecule has 2 heterocycles. The maximum absolute atomic E-state index is 11.2. The molecule has 0 aliphatic rings. The summed E-state index contributed by atoms with van der Waals surface area (Å²) in [6.07, 6.45) is 3.90. The molecule has 1 atom stereocenters. The number of aryl methyl sites for hydroxylation is 1. The average molecular weight is 265 g/mol. The fraction of sp³-hybridized carbons (Fsp3) is 0.417. The van der Waals surface area contributed by atoms with Crippen LogP contribution in [0.2, 0.25) is 0 Å². The van der Waals surface area contributed by atoms with Crippen LogP contribution in [0.4, 0.5) is 0 Å². The Hall–Kier alpha value is -1.56. The molecule has 18 heavy (non-hydrogen) atoms. The minimum absolute atomic E-state index is 0.117. The standard InChI is InChI=1S/C12H15N3O2S/c1-8-6-10-12(13-4-5-15(10)14-8)18-9(2)7-11(16)17-3/h4-6,9H,7H2,1-3H3. The molecule has 1 unspecified atom stereocenters. The topological polar surface area (TPSA) is 56.5 Å². The highest BCUT2D eigenvalue weighted by atomic mass is 32.2. The van der Waals surface area contributed by atoms with Gasteiger partial charge in [-0.15, -0.1) is 11.8 Å². The van der Waals surface area contributed by atoms with E-state index in [2.05, 4.69) is 14.8 Å². The molecule has 0 fully saturated rings. The van der Waals surface area contributed by atoms with Gasteiger partial charge in [-0.25, -0.2) is 9.50 Å². The van der Waals surface area contributed by atoms with Crippen LogP contribution in [0.5, 0.6) is 0 Å². The Morgan fingerprint density at radius 1 is 1.61 bits per heavy atom. The highest BCUT2D eigenvalue weighted by Gasteiger charge is 2.14. The molecule has 0 aromatic carbocycles. The number of esters is 1. The van der Waals surface area contributed by atoms with Gasteiger partial charge in [0.1, 0.15) is 5.03 Å². The van der Waals surface area contributed by atoms with E-state index in [4.69, 9.17) is 0 Å². The molecule has 0 radical (unpaired) electrons. The van der Waals surface area contributed by atoms with Gasteiger partial charge >= 0.3 is 5.97 Å². The summed E-state index contributed by atoms with van der Waals surface area (Å²) in [4.78, 5) is 15.5.